The molecule has 0 bridgehead atoms. The smallest absolute Gasteiger partial charge is 0.289 e. The van der Waals surface area contributed by atoms with Gasteiger partial charge >= 0.3 is 0 Å². The number of fused-ring (bicyclic) bond motifs is 1. The molecule has 1 unspecified atom stereocenters. The number of hydrogen-bond donors (Lipinski definition) is 3. The number of aromatic amines is 1. The molecule has 3 heterocycles. The van der Waals surface area contributed by atoms with Crippen LogP contribution >= 0.6 is 0 Å². The highest BCUT2D eigenvalue weighted by atomic mass is 19.1. The Morgan fingerprint density at radius 1 is 1.29 bits per heavy atom. The molecule has 0 fully saturated rings. The monoisotopic (exact) mass is 392 g/mol. The zero-order valence-electron chi connectivity index (χ0n) is 14.4. The number of halogens is 3. The molecule has 1 atom stereocenters. The molecular formula is C18H15F3N4O3. The van der Waals surface area contributed by atoms with E-state index < -0.39 is 36.3 Å². The number of nitrogens with one attached hydrogen (secondary N) is 2. The molecule has 0 radical (unpaired) electrons. The molecule has 28 heavy (non-hydrogen) atoms. The van der Waals surface area contributed by atoms with E-state index in [1.807, 2.05) is 0 Å². The van der Waals surface area contributed by atoms with Gasteiger partial charge < -0.3 is 24.9 Å². The minimum Gasteiger partial charge on any atom is -0.461 e. The fourth-order valence-electron chi connectivity index (χ4n) is 2.66. The van der Waals surface area contributed by atoms with Crippen LogP contribution in [0.5, 0.6) is 11.5 Å². The number of aliphatic imine (C=N–C) groups is 1. The number of hydrogen-bond acceptors (Lipinski definition) is 6. The number of aromatic nitrogens is 2. The zero-order valence-corrected chi connectivity index (χ0v) is 14.4. The third kappa shape index (κ3) is 3.46. The molecule has 1 aliphatic rings. The van der Waals surface area contributed by atoms with E-state index in [1.54, 1.807) is 12.3 Å². The van der Waals surface area contributed by atoms with Crippen LogP contribution in [-0.4, -0.2) is 46.5 Å². The minimum atomic E-state index is -1.96. The van der Waals surface area contributed by atoms with Gasteiger partial charge in [-0.2, -0.15) is 0 Å². The van der Waals surface area contributed by atoms with Crippen molar-refractivity contribution in [3.05, 3.63) is 48.3 Å². The summed E-state index contributed by atoms with van der Waals surface area (Å²) in [5.41, 5.74) is -1.43. The number of rotatable bonds is 4. The van der Waals surface area contributed by atoms with Gasteiger partial charge in [0, 0.05) is 30.2 Å². The highest BCUT2D eigenvalue weighted by Gasteiger charge is 2.34. The number of H-pyrrole nitrogens is 1. The van der Waals surface area contributed by atoms with E-state index in [4.69, 9.17) is 14.6 Å². The van der Waals surface area contributed by atoms with E-state index in [0.29, 0.717) is 11.0 Å². The largest absolute Gasteiger partial charge is 0.461 e. The number of aliphatic hydroxyl groups excluding tert-OH is 1. The molecule has 0 saturated carbocycles. The highest BCUT2D eigenvalue weighted by molar-refractivity contribution is 5.89. The molecule has 0 amide bonds. The maximum absolute atomic E-state index is 14.5. The van der Waals surface area contributed by atoms with Gasteiger partial charge in [-0.3, -0.25) is 0 Å². The molecule has 0 spiro atoms. The first-order valence-corrected chi connectivity index (χ1v) is 8.30. The van der Waals surface area contributed by atoms with Crippen LogP contribution in [0.2, 0.25) is 0 Å². The summed E-state index contributed by atoms with van der Waals surface area (Å²) in [5.74, 6) is -2.23. The maximum atomic E-state index is 14.5. The molecule has 0 saturated heterocycles. The summed E-state index contributed by atoms with van der Waals surface area (Å²) in [6, 6.07) is 5.08. The maximum Gasteiger partial charge on any atom is 0.289 e. The van der Waals surface area contributed by atoms with E-state index >= 15 is 0 Å². The lowest BCUT2D eigenvalue weighted by Crippen LogP contribution is -2.43. The number of benzene rings is 1. The first-order chi connectivity index (χ1) is 13.5. The Morgan fingerprint density at radius 2 is 2.07 bits per heavy atom. The van der Waals surface area contributed by atoms with Gasteiger partial charge in [-0.15, -0.1) is 0 Å². The van der Waals surface area contributed by atoms with Crippen molar-refractivity contribution in [1.82, 2.24) is 9.97 Å². The van der Waals surface area contributed by atoms with Crippen molar-refractivity contribution in [3.63, 3.8) is 0 Å². The third-order valence-corrected chi connectivity index (χ3v) is 4.14. The van der Waals surface area contributed by atoms with E-state index in [-0.39, 0.29) is 24.0 Å². The zero-order chi connectivity index (χ0) is 19.7. The number of aliphatic hydroxyl groups is 1. The van der Waals surface area contributed by atoms with Gasteiger partial charge in [-0.25, -0.2) is 23.1 Å². The van der Waals surface area contributed by atoms with Crippen LogP contribution in [0.3, 0.4) is 0 Å². The Hall–Kier alpha value is -3.27. The van der Waals surface area contributed by atoms with Crippen LogP contribution in [0.15, 0.2) is 41.7 Å². The Balaban J connectivity index is 1.55. The van der Waals surface area contributed by atoms with Crippen molar-refractivity contribution in [3.8, 4) is 11.5 Å². The summed E-state index contributed by atoms with van der Waals surface area (Å²) < 4.78 is 53.2. The second-order valence-electron chi connectivity index (χ2n) is 6.26. The molecule has 3 N–H and O–H groups in total. The molecule has 0 aliphatic carbocycles. The summed E-state index contributed by atoms with van der Waals surface area (Å²) in [6.45, 7) is -1.48. The van der Waals surface area contributed by atoms with Crippen molar-refractivity contribution in [2.45, 2.75) is 5.67 Å². The van der Waals surface area contributed by atoms with Crippen LogP contribution in [0.1, 0.15) is 0 Å². The Bertz CT molecular complexity index is 1030. The SMILES string of the molecule is OCC1(F)CN=C(Nc2cc(F)c(Oc3ccnc4[nH]ccc34)c(F)c2)OC1. The highest BCUT2D eigenvalue weighted by Crippen LogP contribution is 2.33. The lowest BCUT2D eigenvalue weighted by atomic mass is 10.1. The molecule has 2 aromatic heterocycles. The number of nitrogens with zero attached hydrogens (tertiary/aromatic N) is 2. The van der Waals surface area contributed by atoms with Crippen molar-refractivity contribution in [1.29, 1.82) is 0 Å². The number of amidine groups is 1. The summed E-state index contributed by atoms with van der Waals surface area (Å²) in [5, 5.41) is 12.1. The predicted octanol–water partition coefficient (Wildman–Crippen LogP) is 3.13. The van der Waals surface area contributed by atoms with Crippen LogP contribution in [0, 0.1) is 11.6 Å². The topological polar surface area (TPSA) is 91.8 Å². The molecule has 3 aromatic rings. The lowest BCUT2D eigenvalue weighted by Gasteiger charge is -2.26. The summed E-state index contributed by atoms with van der Waals surface area (Å²) >= 11 is 0. The second kappa shape index (κ2) is 7.04. The van der Waals surface area contributed by atoms with Gasteiger partial charge in [-0.1, -0.05) is 0 Å². The molecule has 1 aromatic carbocycles. The first-order valence-electron chi connectivity index (χ1n) is 8.30. The predicted molar refractivity (Wildman–Crippen MR) is 95.3 cm³/mol. The van der Waals surface area contributed by atoms with E-state index in [1.165, 1.54) is 12.3 Å². The minimum absolute atomic E-state index is 0.0120. The van der Waals surface area contributed by atoms with E-state index in [0.717, 1.165) is 12.1 Å². The van der Waals surface area contributed by atoms with E-state index in [2.05, 4.69) is 20.3 Å². The van der Waals surface area contributed by atoms with Gasteiger partial charge in [0.25, 0.3) is 6.02 Å². The second-order valence-corrected chi connectivity index (χ2v) is 6.26. The molecule has 1 aliphatic heterocycles. The van der Waals surface area contributed by atoms with Crippen LogP contribution in [0.4, 0.5) is 18.9 Å². The average Bonchev–Trinajstić information content (AvgIpc) is 3.16. The van der Waals surface area contributed by atoms with Crippen molar-refractivity contribution in [2.24, 2.45) is 4.99 Å². The quantitative estimate of drug-likeness (QED) is 0.635. The van der Waals surface area contributed by atoms with Crippen LogP contribution in [-0.2, 0) is 4.74 Å². The van der Waals surface area contributed by atoms with Crippen LogP contribution in [0.25, 0.3) is 11.0 Å². The number of ether oxygens (including phenoxy) is 2. The molecule has 10 heteroatoms. The van der Waals surface area contributed by atoms with Crippen molar-refractivity contribution < 1.29 is 27.8 Å². The standard InChI is InChI=1S/C18H15F3N4O3/c19-12-5-10(25-17-24-7-18(21,8-26)9-27-17)6-13(20)15(12)28-14-2-4-23-16-11(14)1-3-22-16/h1-6,26H,7-9H2,(H,22,23)(H,24,25). The van der Waals surface area contributed by atoms with Crippen molar-refractivity contribution in [2.75, 3.05) is 25.1 Å². The van der Waals surface area contributed by atoms with Gasteiger partial charge in [0.05, 0.1) is 18.5 Å². The van der Waals surface area contributed by atoms with E-state index in [9.17, 15) is 13.2 Å². The van der Waals surface area contributed by atoms with Gasteiger partial charge in [-0.05, 0) is 12.1 Å². The normalized spacial score (nSPS) is 19.2. The number of alkyl halides is 1. The van der Waals surface area contributed by atoms with Crippen molar-refractivity contribution >= 4 is 22.7 Å². The molecule has 4 rings (SSSR count). The molecular weight excluding hydrogens is 377 g/mol. The Labute approximate surface area is 156 Å². The fourth-order valence-corrected chi connectivity index (χ4v) is 2.66. The van der Waals surface area contributed by atoms with Crippen LogP contribution < -0.4 is 10.1 Å². The fraction of sp³-hybridized carbons (Fsp3) is 0.222. The van der Waals surface area contributed by atoms with Gasteiger partial charge in [0.2, 0.25) is 0 Å². The summed E-state index contributed by atoms with van der Waals surface area (Å²) in [6.07, 6.45) is 3.09. The first kappa shape index (κ1) is 18.1. The summed E-state index contributed by atoms with van der Waals surface area (Å²) in [4.78, 5) is 10.8. The Kier molecular flexibility index (Phi) is 4.55. The average molecular weight is 392 g/mol. The number of anilines is 1. The number of pyridine rings is 1. The van der Waals surface area contributed by atoms with Gasteiger partial charge in [0.15, 0.2) is 23.1 Å². The Morgan fingerprint density at radius 3 is 2.75 bits per heavy atom. The molecule has 7 nitrogen and oxygen atoms in total. The van der Waals surface area contributed by atoms with Gasteiger partial charge in [0.1, 0.15) is 18.0 Å². The summed E-state index contributed by atoms with van der Waals surface area (Å²) in [7, 11) is 0. The molecule has 146 valence electrons. The third-order valence-electron chi connectivity index (χ3n) is 4.14. The lowest BCUT2D eigenvalue weighted by molar-refractivity contribution is 0.0181.